The Hall–Kier alpha value is -3.26. The lowest BCUT2D eigenvalue weighted by molar-refractivity contribution is -0.126. The largest absolute Gasteiger partial charge is 0.452 e. The van der Waals surface area contributed by atoms with Crippen molar-refractivity contribution in [3.05, 3.63) is 69.8 Å². The van der Waals surface area contributed by atoms with Gasteiger partial charge < -0.3 is 15.4 Å². The summed E-state index contributed by atoms with van der Waals surface area (Å²) in [6, 6.07) is 14.6. The number of hydrogen-bond donors (Lipinski definition) is 2. The van der Waals surface area contributed by atoms with Crippen LogP contribution in [0, 0.1) is 0 Å². The van der Waals surface area contributed by atoms with Crippen LogP contribution in [-0.4, -0.2) is 35.9 Å². The molecule has 0 saturated carbocycles. The number of nitrogens with one attached hydrogen (secondary N) is 2. The number of rotatable bonds is 6. The van der Waals surface area contributed by atoms with Crippen LogP contribution in [0.5, 0.6) is 0 Å². The van der Waals surface area contributed by atoms with E-state index < -0.39 is 18.5 Å². The quantitative estimate of drug-likeness (QED) is 0.525. The van der Waals surface area contributed by atoms with E-state index in [1.165, 1.54) is 0 Å². The zero-order valence-corrected chi connectivity index (χ0v) is 18.2. The van der Waals surface area contributed by atoms with E-state index in [1.54, 1.807) is 18.2 Å². The van der Waals surface area contributed by atoms with Gasteiger partial charge >= 0.3 is 5.97 Å². The highest BCUT2D eigenvalue weighted by Crippen LogP contribution is 2.30. The summed E-state index contributed by atoms with van der Waals surface area (Å²) < 4.78 is 6.01. The molecule has 31 heavy (non-hydrogen) atoms. The maximum absolute atomic E-state index is 12.8. The van der Waals surface area contributed by atoms with Gasteiger partial charge in [0.15, 0.2) is 6.61 Å². The van der Waals surface area contributed by atoms with E-state index in [2.05, 4.69) is 31.5 Å². The van der Waals surface area contributed by atoms with Crippen molar-refractivity contribution < 1.29 is 19.1 Å². The Morgan fingerprint density at radius 3 is 2.61 bits per heavy atom. The number of nitrogens with zero attached hydrogens (tertiary/aromatic N) is 1. The standard InChI is InChI=1S/C23H20BrN3O4/c24-16-8-2-4-10-19(16)27-20(28)12-25-21(29)13-31-23(30)22-14-6-1-3-9-17(14)26-18-11-5-7-15(18)22/h1-4,6,8-10H,5,7,11-13H2,(H,25,29)(H,27,28). The van der Waals surface area contributed by atoms with Crippen LogP contribution >= 0.6 is 15.9 Å². The zero-order chi connectivity index (χ0) is 21.8. The molecule has 2 amide bonds. The molecule has 3 aromatic rings. The molecule has 1 aliphatic rings. The number of halogens is 1. The predicted molar refractivity (Wildman–Crippen MR) is 120 cm³/mol. The van der Waals surface area contributed by atoms with Gasteiger partial charge in [-0.3, -0.25) is 14.6 Å². The fourth-order valence-electron chi connectivity index (χ4n) is 3.63. The van der Waals surface area contributed by atoms with Gasteiger partial charge in [0.25, 0.3) is 5.91 Å². The molecule has 2 aromatic carbocycles. The topological polar surface area (TPSA) is 97.4 Å². The second-order valence-electron chi connectivity index (χ2n) is 7.16. The number of benzene rings is 2. The Bertz CT molecular complexity index is 1180. The van der Waals surface area contributed by atoms with Crippen molar-refractivity contribution in [2.24, 2.45) is 0 Å². The molecule has 0 spiro atoms. The fourth-order valence-corrected chi connectivity index (χ4v) is 4.02. The van der Waals surface area contributed by atoms with Gasteiger partial charge in [-0.2, -0.15) is 0 Å². The summed E-state index contributed by atoms with van der Waals surface area (Å²) >= 11 is 3.34. The lowest BCUT2D eigenvalue weighted by atomic mass is 10.0. The maximum Gasteiger partial charge on any atom is 0.339 e. The molecule has 1 heterocycles. The second-order valence-corrected chi connectivity index (χ2v) is 8.02. The van der Waals surface area contributed by atoms with E-state index in [4.69, 9.17) is 4.74 Å². The van der Waals surface area contributed by atoms with Crippen molar-refractivity contribution in [1.82, 2.24) is 10.3 Å². The third-order valence-corrected chi connectivity index (χ3v) is 5.74. The van der Waals surface area contributed by atoms with Gasteiger partial charge in [-0.05, 0) is 59.0 Å². The molecule has 0 atom stereocenters. The van der Waals surface area contributed by atoms with Gasteiger partial charge in [-0.25, -0.2) is 4.79 Å². The van der Waals surface area contributed by atoms with E-state index in [0.717, 1.165) is 45.9 Å². The number of anilines is 1. The Balaban J connectivity index is 1.36. The van der Waals surface area contributed by atoms with Crippen LogP contribution in [0.2, 0.25) is 0 Å². The number of hydrogen-bond acceptors (Lipinski definition) is 5. The number of carbonyl (C=O) groups is 3. The average Bonchev–Trinajstić information content (AvgIpc) is 3.24. The fraction of sp³-hybridized carbons (Fsp3) is 0.217. The molecule has 0 bridgehead atoms. The smallest absolute Gasteiger partial charge is 0.339 e. The zero-order valence-electron chi connectivity index (χ0n) is 16.6. The molecular formula is C23H20BrN3O4. The number of aromatic nitrogens is 1. The minimum Gasteiger partial charge on any atom is -0.452 e. The lowest BCUT2D eigenvalue weighted by Crippen LogP contribution is -2.35. The number of esters is 1. The van der Waals surface area contributed by atoms with Gasteiger partial charge in [-0.15, -0.1) is 0 Å². The van der Waals surface area contributed by atoms with Crippen molar-refractivity contribution in [2.45, 2.75) is 19.3 Å². The molecule has 1 aromatic heterocycles. The number of amides is 2. The lowest BCUT2D eigenvalue weighted by Gasteiger charge is -2.12. The number of carbonyl (C=O) groups excluding carboxylic acids is 3. The summed E-state index contributed by atoms with van der Waals surface area (Å²) in [5.74, 6) is -1.49. The van der Waals surface area contributed by atoms with Gasteiger partial charge in [0.2, 0.25) is 5.91 Å². The third kappa shape index (κ3) is 4.74. The summed E-state index contributed by atoms with van der Waals surface area (Å²) in [6.45, 7) is -0.697. The average molecular weight is 482 g/mol. The van der Waals surface area contributed by atoms with Crippen molar-refractivity contribution in [3.63, 3.8) is 0 Å². The Morgan fingerprint density at radius 2 is 1.77 bits per heavy atom. The molecule has 0 radical (unpaired) electrons. The van der Waals surface area contributed by atoms with Crippen LogP contribution < -0.4 is 10.6 Å². The third-order valence-electron chi connectivity index (χ3n) is 5.05. The van der Waals surface area contributed by atoms with Gasteiger partial charge in [0.05, 0.1) is 23.3 Å². The molecule has 1 aliphatic carbocycles. The molecular weight excluding hydrogens is 462 g/mol. The van der Waals surface area contributed by atoms with Gasteiger partial charge in [0, 0.05) is 15.6 Å². The van der Waals surface area contributed by atoms with Gasteiger partial charge in [-0.1, -0.05) is 30.3 Å². The molecule has 0 fully saturated rings. The number of para-hydroxylation sites is 2. The van der Waals surface area contributed by atoms with E-state index in [1.807, 2.05) is 30.3 Å². The SMILES string of the molecule is O=C(COC(=O)c1c2c(nc3ccccc13)CCC2)NCC(=O)Nc1ccccc1Br. The minimum atomic E-state index is -0.551. The monoisotopic (exact) mass is 481 g/mol. The number of ether oxygens (including phenoxy) is 1. The van der Waals surface area contributed by atoms with E-state index in [0.29, 0.717) is 11.3 Å². The van der Waals surface area contributed by atoms with Crippen LogP contribution in [-0.2, 0) is 27.2 Å². The van der Waals surface area contributed by atoms with Crippen molar-refractivity contribution in [1.29, 1.82) is 0 Å². The second kappa shape index (κ2) is 9.26. The molecule has 158 valence electrons. The molecule has 8 heteroatoms. The Kier molecular flexibility index (Phi) is 6.27. The highest BCUT2D eigenvalue weighted by Gasteiger charge is 2.25. The van der Waals surface area contributed by atoms with E-state index >= 15 is 0 Å². The van der Waals surface area contributed by atoms with Crippen LogP contribution in [0.25, 0.3) is 10.9 Å². The molecule has 0 saturated heterocycles. The summed E-state index contributed by atoms with van der Waals surface area (Å²) in [4.78, 5) is 41.6. The van der Waals surface area contributed by atoms with Crippen LogP contribution in [0.1, 0.15) is 28.0 Å². The van der Waals surface area contributed by atoms with Crippen molar-refractivity contribution in [3.8, 4) is 0 Å². The molecule has 2 N–H and O–H groups in total. The first kappa shape index (κ1) is 21.0. The van der Waals surface area contributed by atoms with Crippen LogP contribution in [0.3, 0.4) is 0 Å². The molecule has 7 nitrogen and oxygen atoms in total. The maximum atomic E-state index is 12.8. The first-order valence-corrected chi connectivity index (χ1v) is 10.7. The predicted octanol–water partition coefficient (Wildman–Crippen LogP) is 3.40. The summed E-state index contributed by atoms with van der Waals surface area (Å²) in [7, 11) is 0. The minimum absolute atomic E-state index is 0.231. The summed E-state index contributed by atoms with van der Waals surface area (Å²) in [5.41, 5.74) is 3.64. The van der Waals surface area contributed by atoms with E-state index in [-0.39, 0.29) is 12.5 Å². The highest BCUT2D eigenvalue weighted by atomic mass is 79.9. The normalized spacial score (nSPS) is 12.3. The number of aryl methyl sites for hydroxylation is 1. The van der Waals surface area contributed by atoms with Crippen LogP contribution in [0.15, 0.2) is 53.0 Å². The van der Waals surface area contributed by atoms with Crippen molar-refractivity contribution >= 4 is 50.3 Å². The van der Waals surface area contributed by atoms with Gasteiger partial charge in [0.1, 0.15) is 0 Å². The Labute approximate surface area is 187 Å². The number of pyridine rings is 1. The summed E-state index contributed by atoms with van der Waals surface area (Å²) in [5, 5.41) is 5.88. The summed E-state index contributed by atoms with van der Waals surface area (Å²) in [6.07, 6.45) is 2.53. The highest BCUT2D eigenvalue weighted by molar-refractivity contribution is 9.10. The molecule has 0 aliphatic heterocycles. The van der Waals surface area contributed by atoms with Crippen molar-refractivity contribution in [2.75, 3.05) is 18.5 Å². The first-order valence-electron chi connectivity index (χ1n) is 9.91. The molecule has 0 unspecified atom stereocenters. The first-order chi connectivity index (χ1) is 15.0. The van der Waals surface area contributed by atoms with E-state index in [9.17, 15) is 14.4 Å². The Morgan fingerprint density at radius 1 is 1.00 bits per heavy atom. The van der Waals surface area contributed by atoms with Crippen LogP contribution in [0.4, 0.5) is 5.69 Å². The molecule has 4 rings (SSSR count). The number of fused-ring (bicyclic) bond motifs is 2.